The first-order valence-corrected chi connectivity index (χ1v) is 6.55. The molecule has 0 unspecified atom stereocenters. The Morgan fingerprint density at radius 3 is 2.50 bits per heavy atom. The lowest BCUT2D eigenvalue weighted by atomic mass is 10.2. The lowest BCUT2D eigenvalue weighted by Gasteiger charge is -2.15. The Morgan fingerprint density at radius 1 is 1.38 bits per heavy atom. The van der Waals surface area contributed by atoms with Crippen molar-refractivity contribution in [1.82, 2.24) is 0 Å². The Morgan fingerprint density at radius 2 is 2.00 bits per heavy atom. The lowest BCUT2D eigenvalue weighted by molar-refractivity contribution is 0.598. The highest BCUT2D eigenvalue weighted by molar-refractivity contribution is 7.89. The van der Waals surface area contributed by atoms with Gasteiger partial charge in [-0.25, -0.2) is 13.6 Å². The highest BCUT2D eigenvalue weighted by atomic mass is 32.2. The van der Waals surface area contributed by atoms with Crippen LogP contribution in [-0.4, -0.2) is 14.0 Å². The van der Waals surface area contributed by atoms with Crippen LogP contribution in [0.2, 0.25) is 0 Å². The number of nitrogens with two attached hydrogens (primary N) is 2. The van der Waals surface area contributed by atoms with Gasteiger partial charge in [-0.15, -0.1) is 0 Å². The Labute approximate surface area is 94.9 Å². The Hall–Kier alpha value is -1.27. The van der Waals surface area contributed by atoms with E-state index in [1.807, 2.05) is 0 Å². The summed E-state index contributed by atoms with van der Waals surface area (Å²) in [5.74, 6) is 0. The number of anilines is 2. The van der Waals surface area contributed by atoms with Crippen molar-refractivity contribution < 1.29 is 8.42 Å². The fourth-order valence-corrected chi connectivity index (χ4v) is 2.00. The van der Waals surface area contributed by atoms with Crippen LogP contribution in [-0.2, 0) is 10.0 Å². The number of nitrogens with one attached hydrogen (secondary N) is 1. The molecule has 0 aliphatic heterocycles. The summed E-state index contributed by atoms with van der Waals surface area (Å²) in [5.41, 5.74) is 6.98. The maximum absolute atomic E-state index is 11.2. The van der Waals surface area contributed by atoms with Gasteiger partial charge in [-0.3, -0.25) is 0 Å². The standard InChI is InChI=1S/C10H15N3O2S/c1-10(4-5-10)13-9-6-7(16(12,14)15)2-3-8(9)11/h2-3,6,13H,4-5,11H2,1H3,(H2,12,14,15). The molecule has 0 spiro atoms. The van der Waals surface area contributed by atoms with Crippen molar-refractivity contribution in [1.29, 1.82) is 0 Å². The summed E-state index contributed by atoms with van der Waals surface area (Å²) in [6.07, 6.45) is 2.12. The third kappa shape index (κ3) is 2.28. The lowest BCUT2D eigenvalue weighted by Crippen LogP contribution is -2.18. The van der Waals surface area contributed by atoms with Gasteiger partial charge in [0.15, 0.2) is 0 Å². The molecule has 0 amide bonds. The van der Waals surface area contributed by atoms with Crippen molar-refractivity contribution >= 4 is 21.4 Å². The highest BCUT2D eigenvalue weighted by Gasteiger charge is 2.37. The number of hydrogen-bond donors (Lipinski definition) is 3. The Bertz CT molecular complexity index is 521. The molecule has 1 aliphatic carbocycles. The third-order valence-electron chi connectivity index (χ3n) is 2.79. The molecule has 1 fully saturated rings. The average molecular weight is 241 g/mol. The normalized spacial score (nSPS) is 18.1. The van der Waals surface area contributed by atoms with E-state index in [0.29, 0.717) is 11.4 Å². The predicted molar refractivity (Wildman–Crippen MR) is 63.5 cm³/mol. The molecule has 0 bridgehead atoms. The van der Waals surface area contributed by atoms with E-state index in [0.717, 1.165) is 12.8 Å². The van der Waals surface area contributed by atoms with Crippen molar-refractivity contribution in [3.8, 4) is 0 Å². The molecule has 2 rings (SSSR count). The first-order valence-electron chi connectivity index (χ1n) is 5.01. The van der Waals surface area contributed by atoms with Crippen LogP contribution >= 0.6 is 0 Å². The number of rotatable bonds is 3. The second-order valence-electron chi connectivity index (χ2n) is 4.48. The van der Waals surface area contributed by atoms with Crippen molar-refractivity contribution in [3.05, 3.63) is 18.2 Å². The van der Waals surface area contributed by atoms with Gasteiger partial charge in [-0.1, -0.05) is 0 Å². The summed E-state index contributed by atoms with van der Waals surface area (Å²) in [5, 5.41) is 8.29. The zero-order valence-corrected chi connectivity index (χ0v) is 9.84. The Balaban J connectivity index is 2.37. The second-order valence-corrected chi connectivity index (χ2v) is 6.04. The van der Waals surface area contributed by atoms with E-state index in [1.165, 1.54) is 12.1 Å². The molecule has 1 aliphatic rings. The van der Waals surface area contributed by atoms with Gasteiger partial charge >= 0.3 is 0 Å². The maximum atomic E-state index is 11.2. The van der Waals surface area contributed by atoms with Crippen LogP contribution in [0.15, 0.2) is 23.1 Å². The molecule has 5 N–H and O–H groups in total. The summed E-state index contributed by atoms with van der Waals surface area (Å²) in [6, 6.07) is 4.44. The fraction of sp³-hybridized carbons (Fsp3) is 0.400. The minimum atomic E-state index is -3.67. The van der Waals surface area contributed by atoms with E-state index in [9.17, 15) is 8.42 Å². The fourth-order valence-electron chi connectivity index (χ4n) is 1.46. The van der Waals surface area contributed by atoms with Crippen molar-refractivity contribution in [2.75, 3.05) is 11.1 Å². The third-order valence-corrected chi connectivity index (χ3v) is 3.70. The molecule has 1 saturated carbocycles. The first kappa shape index (κ1) is 11.2. The number of benzene rings is 1. The van der Waals surface area contributed by atoms with Gasteiger partial charge in [0.2, 0.25) is 10.0 Å². The molecule has 0 radical (unpaired) electrons. The van der Waals surface area contributed by atoms with Crippen LogP contribution in [0.3, 0.4) is 0 Å². The van der Waals surface area contributed by atoms with Gasteiger partial charge < -0.3 is 11.1 Å². The highest BCUT2D eigenvalue weighted by Crippen LogP contribution is 2.39. The molecule has 0 atom stereocenters. The van der Waals surface area contributed by atoms with Crippen LogP contribution < -0.4 is 16.2 Å². The Kier molecular flexibility index (Phi) is 2.36. The van der Waals surface area contributed by atoms with Crippen LogP contribution in [0, 0.1) is 0 Å². The monoisotopic (exact) mass is 241 g/mol. The number of nitrogen functional groups attached to an aromatic ring is 1. The molecule has 0 saturated heterocycles. The predicted octanol–water partition coefficient (Wildman–Crippen LogP) is 0.881. The zero-order chi connectivity index (χ0) is 12.0. The smallest absolute Gasteiger partial charge is 0.238 e. The minimum absolute atomic E-state index is 0.0467. The molecule has 5 nitrogen and oxygen atoms in total. The summed E-state index contributed by atoms with van der Waals surface area (Å²) in [4.78, 5) is 0.0773. The van der Waals surface area contributed by atoms with Gasteiger partial charge in [-0.2, -0.15) is 0 Å². The van der Waals surface area contributed by atoms with Crippen molar-refractivity contribution in [3.63, 3.8) is 0 Å². The first-order chi connectivity index (χ1) is 7.30. The maximum Gasteiger partial charge on any atom is 0.238 e. The van der Waals surface area contributed by atoms with Crippen LogP contribution in [0.1, 0.15) is 19.8 Å². The van der Waals surface area contributed by atoms with Gasteiger partial charge in [0.05, 0.1) is 16.3 Å². The van der Waals surface area contributed by atoms with Gasteiger partial charge in [0.1, 0.15) is 0 Å². The molecule has 6 heteroatoms. The van der Waals surface area contributed by atoms with Crippen molar-refractivity contribution in [2.24, 2.45) is 5.14 Å². The number of sulfonamides is 1. The van der Waals surface area contributed by atoms with Gasteiger partial charge in [-0.05, 0) is 38.0 Å². The molecule has 0 heterocycles. The molecule has 1 aromatic carbocycles. The van der Waals surface area contributed by atoms with E-state index >= 15 is 0 Å². The molecular weight excluding hydrogens is 226 g/mol. The summed E-state index contributed by atoms with van der Waals surface area (Å²) < 4.78 is 22.4. The van der Waals surface area contributed by atoms with Gasteiger partial charge in [0, 0.05) is 5.54 Å². The largest absolute Gasteiger partial charge is 0.397 e. The topological polar surface area (TPSA) is 98.2 Å². The van der Waals surface area contributed by atoms with Crippen LogP contribution in [0.25, 0.3) is 0 Å². The van der Waals surface area contributed by atoms with Crippen molar-refractivity contribution in [2.45, 2.75) is 30.2 Å². The summed E-state index contributed by atoms with van der Waals surface area (Å²) >= 11 is 0. The minimum Gasteiger partial charge on any atom is -0.397 e. The molecule has 0 aromatic heterocycles. The number of hydrogen-bond acceptors (Lipinski definition) is 4. The molecular formula is C10H15N3O2S. The number of primary sulfonamides is 1. The van der Waals surface area contributed by atoms with Crippen LogP contribution in [0.4, 0.5) is 11.4 Å². The summed E-state index contributed by atoms with van der Waals surface area (Å²) in [7, 11) is -3.67. The average Bonchev–Trinajstić information content (AvgIpc) is 2.86. The molecule has 88 valence electrons. The molecule has 1 aromatic rings. The van der Waals surface area contributed by atoms with Crippen LogP contribution in [0.5, 0.6) is 0 Å². The van der Waals surface area contributed by atoms with E-state index in [1.54, 1.807) is 6.07 Å². The molecule has 16 heavy (non-hydrogen) atoms. The second kappa shape index (κ2) is 3.36. The van der Waals surface area contributed by atoms with Gasteiger partial charge in [0.25, 0.3) is 0 Å². The quantitative estimate of drug-likeness (QED) is 0.684. The van der Waals surface area contributed by atoms with E-state index in [4.69, 9.17) is 10.9 Å². The SMILES string of the molecule is CC1(Nc2cc(S(N)(=O)=O)ccc2N)CC1. The van der Waals surface area contributed by atoms with E-state index < -0.39 is 10.0 Å². The van der Waals surface area contributed by atoms with E-state index in [-0.39, 0.29) is 10.4 Å². The zero-order valence-electron chi connectivity index (χ0n) is 9.03. The van der Waals surface area contributed by atoms with E-state index in [2.05, 4.69) is 12.2 Å². The summed E-state index contributed by atoms with van der Waals surface area (Å²) in [6.45, 7) is 2.07.